The Labute approximate surface area is 167 Å². The summed E-state index contributed by atoms with van der Waals surface area (Å²) in [6.07, 6.45) is 0. The Balaban J connectivity index is 1.73. The lowest BCUT2D eigenvalue weighted by molar-refractivity contribution is 0.365. The number of aromatic nitrogens is 4. The average Bonchev–Trinajstić information content (AvgIpc) is 3.28. The van der Waals surface area contributed by atoms with Crippen molar-refractivity contribution in [2.45, 2.75) is 19.8 Å². The zero-order chi connectivity index (χ0) is 20.1. The maximum Gasteiger partial charge on any atom is 0.232 e. The second-order valence-electron chi connectivity index (χ2n) is 7.13. The van der Waals surface area contributed by atoms with Crippen LogP contribution in [-0.2, 0) is 0 Å². The van der Waals surface area contributed by atoms with Gasteiger partial charge < -0.3 is 15.5 Å². The number of aryl methyl sites for hydroxylation is 2. The Morgan fingerprint density at radius 1 is 1.14 bits per heavy atom. The maximum atomic E-state index is 9.77. The normalized spacial score (nSPS) is 15.8. The molecule has 7 heteroatoms. The molecule has 1 aliphatic heterocycles. The Morgan fingerprint density at radius 2 is 1.90 bits per heavy atom. The predicted octanol–water partition coefficient (Wildman–Crippen LogP) is 3.58. The van der Waals surface area contributed by atoms with Crippen LogP contribution in [0.2, 0.25) is 0 Å². The van der Waals surface area contributed by atoms with Gasteiger partial charge in [-0.2, -0.15) is 15.0 Å². The van der Waals surface area contributed by atoms with Gasteiger partial charge in [-0.3, -0.25) is 0 Å². The predicted molar refractivity (Wildman–Crippen MR) is 108 cm³/mol. The number of nitrogens with two attached hydrogens (primary N) is 1. The lowest BCUT2D eigenvalue weighted by Gasteiger charge is -2.24. The van der Waals surface area contributed by atoms with Crippen LogP contribution in [0.25, 0.3) is 17.0 Å². The molecule has 2 aromatic carbocycles. The van der Waals surface area contributed by atoms with Crippen molar-refractivity contribution in [3.8, 4) is 17.9 Å². The Kier molecular flexibility index (Phi) is 3.68. The van der Waals surface area contributed by atoms with Crippen LogP contribution < -0.4 is 10.5 Å². The first kappa shape index (κ1) is 17.1. The number of nitrogens with one attached hydrogen (secondary N) is 1. The standard InChI is InChI=1S/C22H18N6O/c1-12-7-9-14(10-8-12)19-15(11-23)20(24)29-21-18(19)13(2)27-28(21)22-25-16-5-3-4-6-17(16)26-22/h3-10,19H,24H2,1-2H3,(H,25,26). The zero-order valence-electron chi connectivity index (χ0n) is 16.0. The summed E-state index contributed by atoms with van der Waals surface area (Å²) in [5.74, 6) is 0.750. The molecule has 3 heterocycles. The third-order valence-corrected chi connectivity index (χ3v) is 5.22. The molecule has 0 spiro atoms. The molecule has 0 fully saturated rings. The van der Waals surface area contributed by atoms with Gasteiger partial charge >= 0.3 is 0 Å². The van der Waals surface area contributed by atoms with Crippen LogP contribution in [0.3, 0.4) is 0 Å². The molecule has 0 radical (unpaired) electrons. The maximum absolute atomic E-state index is 9.77. The Morgan fingerprint density at radius 3 is 2.62 bits per heavy atom. The minimum atomic E-state index is -0.345. The van der Waals surface area contributed by atoms with Crippen molar-refractivity contribution < 1.29 is 4.74 Å². The van der Waals surface area contributed by atoms with Crippen LogP contribution in [0.1, 0.15) is 28.3 Å². The van der Waals surface area contributed by atoms with E-state index in [1.165, 1.54) is 0 Å². The van der Waals surface area contributed by atoms with Gasteiger partial charge in [0.1, 0.15) is 11.6 Å². The topological polar surface area (TPSA) is 106 Å². The van der Waals surface area contributed by atoms with E-state index in [1.807, 2.05) is 62.4 Å². The van der Waals surface area contributed by atoms with Crippen molar-refractivity contribution >= 4 is 11.0 Å². The summed E-state index contributed by atoms with van der Waals surface area (Å²) in [5, 5.41) is 14.4. The van der Waals surface area contributed by atoms with Gasteiger partial charge in [0.25, 0.3) is 0 Å². The number of H-pyrrole nitrogens is 1. The van der Waals surface area contributed by atoms with Crippen LogP contribution in [0.15, 0.2) is 60.0 Å². The molecule has 4 aromatic rings. The monoisotopic (exact) mass is 382 g/mol. The summed E-state index contributed by atoms with van der Waals surface area (Å²) in [7, 11) is 0. The molecule has 142 valence electrons. The van der Waals surface area contributed by atoms with E-state index >= 15 is 0 Å². The number of nitrogens with zero attached hydrogens (tertiary/aromatic N) is 4. The fourth-order valence-electron chi connectivity index (χ4n) is 3.79. The summed E-state index contributed by atoms with van der Waals surface area (Å²) in [4.78, 5) is 7.89. The summed E-state index contributed by atoms with van der Waals surface area (Å²) in [6, 6.07) is 18.0. The van der Waals surface area contributed by atoms with Crippen LogP contribution in [0, 0.1) is 25.2 Å². The largest absolute Gasteiger partial charge is 0.422 e. The van der Waals surface area contributed by atoms with Gasteiger partial charge in [0, 0.05) is 0 Å². The van der Waals surface area contributed by atoms with E-state index in [-0.39, 0.29) is 11.8 Å². The molecule has 5 rings (SSSR count). The van der Waals surface area contributed by atoms with Crippen LogP contribution in [0.4, 0.5) is 0 Å². The third-order valence-electron chi connectivity index (χ3n) is 5.22. The number of imidazole rings is 1. The van der Waals surface area contributed by atoms with Gasteiger partial charge in [-0.05, 0) is 31.5 Å². The summed E-state index contributed by atoms with van der Waals surface area (Å²) in [6.45, 7) is 3.93. The number of ether oxygens (including phenoxy) is 1. The molecule has 0 aliphatic carbocycles. The van der Waals surface area contributed by atoms with E-state index in [0.29, 0.717) is 17.4 Å². The number of fused-ring (bicyclic) bond motifs is 2. The van der Waals surface area contributed by atoms with Gasteiger partial charge in [-0.15, -0.1) is 0 Å². The first-order valence-electron chi connectivity index (χ1n) is 9.25. The molecule has 1 atom stereocenters. The first-order chi connectivity index (χ1) is 14.1. The van der Waals surface area contributed by atoms with E-state index in [1.54, 1.807) is 4.68 Å². The third kappa shape index (κ3) is 2.57. The summed E-state index contributed by atoms with van der Waals surface area (Å²) in [5.41, 5.74) is 12.0. The van der Waals surface area contributed by atoms with Crippen LogP contribution in [-0.4, -0.2) is 19.7 Å². The van der Waals surface area contributed by atoms with Crippen molar-refractivity contribution in [2.24, 2.45) is 5.73 Å². The molecule has 3 N–H and O–H groups in total. The molecule has 0 amide bonds. The Hall–Kier alpha value is -4.05. The van der Waals surface area contributed by atoms with Gasteiger partial charge in [0.15, 0.2) is 0 Å². The summed E-state index contributed by atoms with van der Waals surface area (Å²) >= 11 is 0. The van der Waals surface area contributed by atoms with Crippen molar-refractivity contribution in [1.82, 2.24) is 19.7 Å². The molecule has 2 aromatic heterocycles. The minimum Gasteiger partial charge on any atom is -0.422 e. The first-order valence-corrected chi connectivity index (χ1v) is 9.25. The van der Waals surface area contributed by atoms with Crippen LogP contribution >= 0.6 is 0 Å². The fraction of sp³-hybridized carbons (Fsp3) is 0.136. The average molecular weight is 382 g/mol. The number of hydrogen-bond donors (Lipinski definition) is 2. The van der Waals surface area contributed by atoms with Crippen molar-refractivity contribution in [2.75, 3.05) is 0 Å². The quantitative estimate of drug-likeness (QED) is 0.551. The SMILES string of the molecule is Cc1ccc(C2C(C#N)=C(N)Oc3c2c(C)nn3-c2nc3ccccc3[nH]2)cc1. The van der Waals surface area contributed by atoms with E-state index in [9.17, 15) is 5.26 Å². The highest BCUT2D eigenvalue weighted by Crippen LogP contribution is 2.44. The number of nitriles is 1. The van der Waals surface area contributed by atoms with Crippen LogP contribution in [0.5, 0.6) is 5.88 Å². The highest BCUT2D eigenvalue weighted by molar-refractivity contribution is 5.76. The molecule has 1 unspecified atom stereocenters. The molecule has 1 aliphatic rings. The Bertz CT molecular complexity index is 1290. The van der Waals surface area contributed by atoms with Gasteiger partial charge in [0.2, 0.25) is 17.7 Å². The number of hydrogen-bond acceptors (Lipinski definition) is 5. The van der Waals surface area contributed by atoms with Gasteiger partial charge in [0.05, 0.1) is 28.2 Å². The summed E-state index contributed by atoms with van der Waals surface area (Å²) < 4.78 is 7.51. The van der Waals surface area contributed by atoms with E-state index in [0.717, 1.165) is 33.4 Å². The zero-order valence-corrected chi connectivity index (χ0v) is 16.0. The second-order valence-corrected chi connectivity index (χ2v) is 7.13. The number of allylic oxidation sites excluding steroid dienone is 1. The minimum absolute atomic E-state index is 0.0860. The molecular formula is C22H18N6O. The van der Waals surface area contributed by atoms with Crippen molar-refractivity contribution in [1.29, 1.82) is 5.26 Å². The van der Waals surface area contributed by atoms with Crippen molar-refractivity contribution in [3.05, 3.63) is 82.4 Å². The number of benzene rings is 2. The van der Waals surface area contributed by atoms with Gasteiger partial charge in [-0.1, -0.05) is 42.0 Å². The van der Waals surface area contributed by atoms with Gasteiger partial charge in [-0.25, -0.2) is 4.98 Å². The molecule has 0 saturated heterocycles. The smallest absolute Gasteiger partial charge is 0.232 e. The molecule has 0 saturated carbocycles. The second kappa shape index (κ2) is 6.24. The van der Waals surface area contributed by atoms with Crippen molar-refractivity contribution in [3.63, 3.8) is 0 Å². The molecule has 0 bridgehead atoms. The lowest BCUT2D eigenvalue weighted by atomic mass is 9.84. The number of rotatable bonds is 2. The van der Waals surface area contributed by atoms with E-state index in [2.05, 4.69) is 21.1 Å². The fourth-order valence-corrected chi connectivity index (χ4v) is 3.79. The molecule has 7 nitrogen and oxygen atoms in total. The number of aromatic amines is 1. The molecular weight excluding hydrogens is 364 g/mol. The lowest BCUT2D eigenvalue weighted by Crippen LogP contribution is -2.22. The number of para-hydroxylation sites is 2. The van der Waals surface area contributed by atoms with E-state index in [4.69, 9.17) is 10.5 Å². The highest BCUT2D eigenvalue weighted by atomic mass is 16.5. The molecule has 29 heavy (non-hydrogen) atoms. The van der Waals surface area contributed by atoms with E-state index < -0.39 is 0 Å². The highest BCUT2D eigenvalue weighted by Gasteiger charge is 2.36.